The third-order valence-corrected chi connectivity index (χ3v) is 6.64. The van der Waals surface area contributed by atoms with Crippen LogP contribution in [0.15, 0.2) is 48.8 Å². The molecule has 4 rings (SSSR count). The van der Waals surface area contributed by atoms with E-state index in [1.165, 1.54) is 36.2 Å². The highest BCUT2D eigenvalue weighted by molar-refractivity contribution is 8.01. The smallest absolute Gasteiger partial charge is 0.0736 e. The number of hydrogen-bond donors (Lipinski definition) is 0. The van der Waals surface area contributed by atoms with Gasteiger partial charge >= 0.3 is 0 Å². The summed E-state index contributed by atoms with van der Waals surface area (Å²) < 4.78 is 6.55. The molecule has 1 aromatic heterocycles. The lowest BCUT2D eigenvalue weighted by Crippen LogP contribution is -2.58. The van der Waals surface area contributed by atoms with Gasteiger partial charge in [-0.15, -0.1) is 11.8 Å². The van der Waals surface area contributed by atoms with Crippen molar-refractivity contribution in [1.82, 2.24) is 9.88 Å². The molecule has 1 atom stereocenters. The first-order chi connectivity index (χ1) is 11.7. The Labute approximate surface area is 148 Å². The van der Waals surface area contributed by atoms with Crippen molar-refractivity contribution in [2.75, 3.05) is 18.8 Å². The summed E-state index contributed by atoms with van der Waals surface area (Å²) in [7, 11) is 0. The number of nitrogens with zero attached hydrogens (tertiary/aromatic N) is 2. The third kappa shape index (κ3) is 3.51. The largest absolute Gasteiger partial charge is 0.373 e. The zero-order valence-electron chi connectivity index (χ0n) is 14.1. The zero-order valence-corrected chi connectivity index (χ0v) is 15.0. The summed E-state index contributed by atoms with van der Waals surface area (Å²) in [4.78, 5) is 6.72. The number of thioether (sulfide) groups is 1. The van der Waals surface area contributed by atoms with Crippen LogP contribution in [0.4, 0.5) is 0 Å². The average Bonchev–Trinajstić information content (AvgIpc) is 3.00. The molecule has 0 bridgehead atoms. The molecule has 2 aromatic rings. The molecular weight excluding hydrogens is 316 g/mol. The molecule has 0 N–H and O–H groups in total. The highest BCUT2D eigenvalue weighted by Crippen LogP contribution is 2.46. The van der Waals surface area contributed by atoms with Crippen molar-refractivity contribution in [3.8, 4) is 0 Å². The lowest BCUT2D eigenvalue weighted by molar-refractivity contribution is 0.0263. The van der Waals surface area contributed by atoms with Gasteiger partial charge in [-0.1, -0.05) is 30.3 Å². The Morgan fingerprint density at radius 1 is 1.25 bits per heavy atom. The summed E-state index contributed by atoms with van der Waals surface area (Å²) in [5, 5.41) is 0. The summed E-state index contributed by atoms with van der Waals surface area (Å²) in [5.74, 6) is 1.12. The second kappa shape index (κ2) is 6.87. The fourth-order valence-corrected chi connectivity index (χ4v) is 5.34. The van der Waals surface area contributed by atoms with Crippen LogP contribution in [-0.2, 0) is 17.9 Å². The van der Waals surface area contributed by atoms with Gasteiger partial charge in [0.25, 0.3) is 0 Å². The quantitative estimate of drug-likeness (QED) is 0.829. The van der Waals surface area contributed by atoms with Gasteiger partial charge in [-0.2, -0.15) is 0 Å². The average molecular weight is 340 g/mol. The first-order valence-electron chi connectivity index (χ1n) is 8.64. The highest BCUT2D eigenvalue weighted by atomic mass is 32.2. The van der Waals surface area contributed by atoms with E-state index in [1.807, 2.05) is 12.3 Å². The minimum Gasteiger partial charge on any atom is -0.373 e. The van der Waals surface area contributed by atoms with Crippen molar-refractivity contribution in [3.05, 3.63) is 65.5 Å². The maximum atomic E-state index is 6.11. The first kappa shape index (κ1) is 16.1. The minimum absolute atomic E-state index is 0.385. The molecule has 2 fully saturated rings. The van der Waals surface area contributed by atoms with Crippen LogP contribution < -0.4 is 0 Å². The lowest BCUT2D eigenvalue weighted by atomic mass is 9.92. The van der Waals surface area contributed by atoms with Crippen molar-refractivity contribution in [1.29, 1.82) is 0 Å². The van der Waals surface area contributed by atoms with Crippen LogP contribution in [0, 0.1) is 6.92 Å². The molecule has 1 unspecified atom stereocenters. The fraction of sp³-hybridized carbons (Fsp3) is 0.450. The van der Waals surface area contributed by atoms with Gasteiger partial charge in [0.1, 0.15) is 0 Å². The Balaban J connectivity index is 1.25. The monoisotopic (exact) mass is 340 g/mol. The van der Waals surface area contributed by atoms with Gasteiger partial charge in [0, 0.05) is 42.5 Å². The summed E-state index contributed by atoms with van der Waals surface area (Å²) >= 11 is 2.11. The number of aromatic nitrogens is 1. The van der Waals surface area contributed by atoms with Crippen molar-refractivity contribution in [2.24, 2.45) is 0 Å². The van der Waals surface area contributed by atoms with Crippen LogP contribution in [0.25, 0.3) is 0 Å². The van der Waals surface area contributed by atoms with E-state index in [-0.39, 0.29) is 0 Å². The predicted molar refractivity (Wildman–Crippen MR) is 99.1 cm³/mol. The molecule has 3 nitrogen and oxygen atoms in total. The highest BCUT2D eigenvalue weighted by Gasteiger charge is 2.49. The van der Waals surface area contributed by atoms with Crippen molar-refractivity contribution in [2.45, 2.75) is 37.3 Å². The van der Waals surface area contributed by atoms with Crippen LogP contribution in [-0.4, -0.2) is 39.6 Å². The number of rotatable bonds is 5. The van der Waals surface area contributed by atoms with Gasteiger partial charge in [-0.25, -0.2) is 0 Å². The van der Waals surface area contributed by atoms with Crippen LogP contribution in [0.1, 0.15) is 23.1 Å². The van der Waals surface area contributed by atoms with E-state index in [4.69, 9.17) is 4.74 Å². The molecule has 0 saturated carbocycles. The lowest BCUT2D eigenvalue weighted by Gasteiger charge is -2.47. The Hall–Kier alpha value is -1.36. The molecular formula is C20H24N2OS. The van der Waals surface area contributed by atoms with Gasteiger partial charge in [0.15, 0.2) is 0 Å². The van der Waals surface area contributed by atoms with E-state index < -0.39 is 0 Å². The Morgan fingerprint density at radius 3 is 2.92 bits per heavy atom. The third-order valence-electron chi connectivity index (χ3n) is 5.06. The van der Waals surface area contributed by atoms with E-state index >= 15 is 0 Å². The molecule has 0 radical (unpaired) electrons. The van der Waals surface area contributed by atoms with Crippen LogP contribution >= 0.6 is 11.8 Å². The number of likely N-dealkylation sites (tertiary alicyclic amines) is 1. The predicted octanol–water partition coefficient (Wildman–Crippen LogP) is 3.67. The number of aryl methyl sites for hydroxylation is 1. The van der Waals surface area contributed by atoms with Gasteiger partial charge in [0.05, 0.1) is 12.7 Å². The fourth-order valence-electron chi connectivity index (χ4n) is 3.74. The van der Waals surface area contributed by atoms with Crippen molar-refractivity contribution in [3.63, 3.8) is 0 Å². The van der Waals surface area contributed by atoms with Gasteiger partial charge in [0.2, 0.25) is 0 Å². The number of ether oxygens (including phenoxy) is 1. The van der Waals surface area contributed by atoms with E-state index in [1.54, 1.807) is 6.20 Å². The van der Waals surface area contributed by atoms with Gasteiger partial charge < -0.3 is 4.74 Å². The second-order valence-electron chi connectivity index (χ2n) is 7.06. The molecule has 2 saturated heterocycles. The summed E-state index contributed by atoms with van der Waals surface area (Å²) in [5.41, 5.74) is 4.02. The molecule has 2 aliphatic heterocycles. The SMILES string of the molecule is Cc1ccccc1CN1CC2(CC(OCc3cccnc3)CS2)C1. The minimum atomic E-state index is 0.385. The van der Waals surface area contributed by atoms with Crippen LogP contribution in [0.2, 0.25) is 0 Å². The molecule has 0 aliphatic carbocycles. The first-order valence-corrected chi connectivity index (χ1v) is 9.62. The van der Waals surface area contributed by atoms with E-state index in [0.717, 1.165) is 12.3 Å². The Morgan fingerprint density at radius 2 is 2.12 bits per heavy atom. The molecule has 126 valence electrons. The molecule has 3 heterocycles. The van der Waals surface area contributed by atoms with Crippen molar-refractivity contribution >= 4 is 11.8 Å². The number of hydrogen-bond acceptors (Lipinski definition) is 4. The Bertz CT molecular complexity index is 685. The normalized spacial score (nSPS) is 22.6. The van der Waals surface area contributed by atoms with Crippen LogP contribution in [0.5, 0.6) is 0 Å². The van der Waals surface area contributed by atoms with E-state index in [9.17, 15) is 0 Å². The number of benzene rings is 1. The maximum absolute atomic E-state index is 6.11. The summed E-state index contributed by atoms with van der Waals surface area (Å²) in [6, 6.07) is 12.8. The van der Waals surface area contributed by atoms with Crippen molar-refractivity contribution < 1.29 is 4.74 Å². The Kier molecular flexibility index (Phi) is 4.61. The van der Waals surface area contributed by atoms with E-state index in [0.29, 0.717) is 17.5 Å². The number of pyridine rings is 1. The summed E-state index contributed by atoms with van der Waals surface area (Å²) in [6.07, 6.45) is 5.27. The molecule has 1 aromatic carbocycles. The molecule has 0 amide bonds. The second-order valence-corrected chi connectivity index (χ2v) is 8.55. The maximum Gasteiger partial charge on any atom is 0.0736 e. The zero-order chi connectivity index (χ0) is 16.4. The van der Waals surface area contributed by atoms with Crippen LogP contribution in [0.3, 0.4) is 0 Å². The van der Waals surface area contributed by atoms with Gasteiger partial charge in [-0.05, 0) is 36.1 Å². The molecule has 2 aliphatic rings. The summed E-state index contributed by atoms with van der Waals surface area (Å²) in [6.45, 7) is 6.35. The topological polar surface area (TPSA) is 25.4 Å². The van der Waals surface area contributed by atoms with Gasteiger partial charge in [-0.3, -0.25) is 9.88 Å². The molecule has 1 spiro atoms. The molecule has 4 heteroatoms. The molecule has 24 heavy (non-hydrogen) atoms. The van der Waals surface area contributed by atoms with E-state index in [2.05, 4.69) is 58.9 Å². The standard InChI is InChI=1S/C20H24N2OS/c1-16-5-2-3-7-18(16)11-22-14-20(15-22)9-19(13-24-20)23-12-17-6-4-8-21-10-17/h2-8,10,19H,9,11-15H2,1H3.